The molecular formula is C25H40N3OP2S+. The Hall–Kier alpha value is -1.02. The molecule has 0 fully saturated rings. The summed E-state index contributed by atoms with van der Waals surface area (Å²) in [5.41, 5.74) is 3.19. The molecule has 4 nitrogen and oxygen atoms in total. The molecule has 0 aromatic heterocycles. The Balaban J connectivity index is 1.73. The normalized spacial score (nSPS) is 24.6. The molecule has 2 aliphatic carbocycles. The van der Waals surface area contributed by atoms with Crippen LogP contribution >= 0.6 is 15.2 Å². The molecule has 3 unspecified atom stereocenters. The Morgan fingerprint density at radius 2 is 1.91 bits per heavy atom. The molecule has 0 amide bonds. The third-order valence-electron chi connectivity index (χ3n) is 6.97. The quantitative estimate of drug-likeness (QED) is 0.231. The van der Waals surface area contributed by atoms with Crippen molar-refractivity contribution in [3.8, 4) is 0 Å². The number of nitrogens with one attached hydrogen (secondary N) is 1. The van der Waals surface area contributed by atoms with Crippen LogP contribution in [0.2, 0.25) is 0 Å². The van der Waals surface area contributed by atoms with E-state index in [9.17, 15) is 0 Å². The van der Waals surface area contributed by atoms with E-state index in [1.165, 1.54) is 17.3 Å². The molecule has 0 saturated heterocycles. The van der Waals surface area contributed by atoms with E-state index in [0.717, 1.165) is 50.7 Å². The van der Waals surface area contributed by atoms with Gasteiger partial charge in [-0.15, -0.1) is 5.10 Å². The summed E-state index contributed by atoms with van der Waals surface area (Å²) in [6, 6.07) is 0. The zero-order valence-electron chi connectivity index (χ0n) is 20.6. The number of allylic oxidation sites excluding steroid dienone is 8. The summed E-state index contributed by atoms with van der Waals surface area (Å²) in [5, 5.41) is 13.6. The molecule has 0 bridgehead atoms. The van der Waals surface area contributed by atoms with Crippen molar-refractivity contribution in [1.29, 1.82) is 5.16 Å². The molecule has 0 saturated carbocycles. The Morgan fingerprint density at radius 1 is 1.12 bits per heavy atom. The Labute approximate surface area is 200 Å². The van der Waals surface area contributed by atoms with Gasteiger partial charge in [0.05, 0.1) is 6.21 Å². The highest BCUT2D eigenvalue weighted by molar-refractivity contribution is 8.38. The van der Waals surface area contributed by atoms with E-state index in [4.69, 9.17) is 15.0 Å². The van der Waals surface area contributed by atoms with Crippen LogP contribution in [0.3, 0.4) is 0 Å². The van der Waals surface area contributed by atoms with Crippen LogP contribution in [-0.4, -0.2) is 22.0 Å². The van der Waals surface area contributed by atoms with Crippen LogP contribution < -0.4 is 0 Å². The second-order valence-corrected chi connectivity index (χ2v) is 16.1. The van der Waals surface area contributed by atoms with Crippen LogP contribution in [0.15, 0.2) is 51.6 Å². The van der Waals surface area contributed by atoms with Gasteiger partial charge in [-0.2, -0.15) is 0 Å². The minimum Gasteiger partial charge on any atom is -0.449 e. The van der Waals surface area contributed by atoms with E-state index >= 15 is 0 Å². The summed E-state index contributed by atoms with van der Waals surface area (Å²) in [6.45, 7) is 11.1. The summed E-state index contributed by atoms with van der Waals surface area (Å²) in [4.78, 5) is 0. The molecular weight excluding hydrogens is 452 g/mol. The fourth-order valence-corrected chi connectivity index (χ4v) is 11.9. The highest BCUT2D eigenvalue weighted by atomic mass is 32.6. The summed E-state index contributed by atoms with van der Waals surface area (Å²) in [5.74, 6) is 1.09. The van der Waals surface area contributed by atoms with Gasteiger partial charge >= 0.3 is 6.85 Å². The highest BCUT2D eigenvalue weighted by Crippen LogP contribution is 2.64. The Bertz CT molecular complexity index is 929. The first kappa shape index (κ1) is 25.6. The third-order valence-corrected chi connectivity index (χ3v) is 14.3. The monoisotopic (exact) mass is 492 g/mol. The smallest absolute Gasteiger partial charge is 0.346 e. The number of nitrogens with zero attached hydrogens (tertiary/aromatic N) is 2. The lowest BCUT2D eigenvalue weighted by molar-refractivity contribution is 0.0611. The van der Waals surface area contributed by atoms with E-state index in [0.29, 0.717) is 13.8 Å². The predicted octanol–water partition coefficient (Wildman–Crippen LogP) is 9.04. The van der Waals surface area contributed by atoms with E-state index in [2.05, 4.69) is 75.6 Å². The Kier molecular flexibility index (Phi) is 8.75. The van der Waals surface area contributed by atoms with Crippen molar-refractivity contribution >= 4 is 31.7 Å². The van der Waals surface area contributed by atoms with Gasteiger partial charge in [-0.25, -0.2) is 0 Å². The van der Waals surface area contributed by atoms with Crippen LogP contribution in [0.25, 0.3) is 0 Å². The van der Waals surface area contributed by atoms with Crippen LogP contribution in [-0.2, 0) is 15.0 Å². The van der Waals surface area contributed by atoms with Gasteiger partial charge in [0.2, 0.25) is 0 Å². The average Bonchev–Trinajstić information content (AvgIpc) is 3.47. The van der Waals surface area contributed by atoms with Crippen molar-refractivity contribution in [2.24, 2.45) is 10.5 Å². The van der Waals surface area contributed by atoms with Crippen molar-refractivity contribution in [3.05, 3.63) is 46.5 Å². The summed E-state index contributed by atoms with van der Waals surface area (Å²) in [6.07, 6.45) is 21.7. The van der Waals surface area contributed by atoms with E-state index in [1.807, 2.05) is 0 Å². The van der Waals surface area contributed by atoms with Crippen LogP contribution in [0.1, 0.15) is 86.0 Å². The highest BCUT2D eigenvalue weighted by Gasteiger charge is 2.62. The van der Waals surface area contributed by atoms with Crippen LogP contribution in [0, 0.1) is 10.6 Å². The average molecular weight is 493 g/mol. The van der Waals surface area contributed by atoms with Gasteiger partial charge in [0.1, 0.15) is 5.76 Å². The van der Waals surface area contributed by atoms with Gasteiger partial charge < -0.3 is 4.74 Å². The SMILES string of the molecule is CCCC(CC)(OC1=CC=C(P=N)CC1)[P+]1=S(C)N1N=CC1=CC=C(C(C)(C)CC)CC1. The van der Waals surface area contributed by atoms with Crippen molar-refractivity contribution in [2.45, 2.75) is 91.3 Å². The topological polar surface area (TPSA) is 48.4 Å². The number of ether oxygens (including phenoxy) is 1. The van der Waals surface area contributed by atoms with Crippen molar-refractivity contribution in [3.63, 3.8) is 0 Å². The first-order valence-corrected chi connectivity index (χ1v) is 16.4. The van der Waals surface area contributed by atoms with Gasteiger partial charge in [0, 0.05) is 33.9 Å². The first-order valence-electron chi connectivity index (χ1n) is 12.0. The predicted molar refractivity (Wildman–Crippen MR) is 144 cm³/mol. The maximum absolute atomic E-state index is 7.57. The number of rotatable bonds is 11. The lowest BCUT2D eigenvalue weighted by atomic mass is 9.77. The molecule has 0 aromatic rings. The van der Waals surface area contributed by atoms with Gasteiger partial charge in [0.25, 0.3) is 5.34 Å². The van der Waals surface area contributed by atoms with E-state index in [1.54, 1.807) is 5.57 Å². The van der Waals surface area contributed by atoms with Crippen molar-refractivity contribution in [2.75, 3.05) is 6.26 Å². The Morgan fingerprint density at radius 3 is 2.44 bits per heavy atom. The lowest BCUT2D eigenvalue weighted by Gasteiger charge is -2.28. The van der Waals surface area contributed by atoms with Gasteiger partial charge in [0.15, 0.2) is 10.3 Å². The third kappa shape index (κ3) is 5.72. The second kappa shape index (κ2) is 10.9. The molecule has 3 aliphatic rings. The lowest BCUT2D eigenvalue weighted by Crippen LogP contribution is -2.27. The fourth-order valence-electron chi connectivity index (χ4n) is 4.34. The van der Waals surface area contributed by atoms with Gasteiger partial charge in [-0.3, -0.25) is 5.16 Å². The van der Waals surface area contributed by atoms with Gasteiger partial charge in [-0.1, -0.05) is 52.3 Å². The zero-order valence-corrected chi connectivity index (χ0v) is 23.3. The van der Waals surface area contributed by atoms with E-state index in [-0.39, 0.29) is 15.6 Å². The largest absolute Gasteiger partial charge is 0.449 e. The number of hydrogen-bond donors (Lipinski definition) is 1. The van der Waals surface area contributed by atoms with E-state index < -0.39 is 6.85 Å². The van der Waals surface area contributed by atoms with Crippen molar-refractivity contribution in [1.82, 2.24) is 4.18 Å². The molecule has 32 heavy (non-hydrogen) atoms. The number of hydrazone groups is 1. The maximum Gasteiger partial charge on any atom is 0.346 e. The molecule has 0 aromatic carbocycles. The summed E-state index contributed by atoms with van der Waals surface area (Å²) < 4.78 is 9.13. The molecule has 176 valence electrons. The molecule has 0 radical (unpaired) electrons. The van der Waals surface area contributed by atoms with Crippen molar-refractivity contribution < 1.29 is 4.74 Å². The fraction of sp³-hybridized carbons (Fsp3) is 0.640. The second-order valence-electron chi connectivity index (χ2n) is 9.44. The minimum atomic E-state index is -0.427. The first-order chi connectivity index (χ1) is 15.3. The molecule has 3 rings (SSSR count). The molecule has 3 atom stereocenters. The zero-order chi connectivity index (χ0) is 23.4. The molecule has 0 spiro atoms. The van der Waals surface area contributed by atoms with Crippen LogP contribution in [0.4, 0.5) is 0 Å². The summed E-state index contributed by atoms with van der Waals surface area (Å²) >= 11 is 0. The maximum atomic E-state index is 7.57. The molecule has 1 aliphatic heterocycles. The van der Waals surface area contributed by atoms with Gasteiger partial charge in [-0.05, 0) is 64.7 Å². The molecule has 1 heterocycles. The summed E-state index contributed by atoms with van der Waals surface area (Å²) in [7, 11) is 0.794. The minimum absolute atomic E-state index is 0.117. The molecule has 7 heteroatoms. The molecule has 1 N–H and O–H groups in total. The standard InChI is InChI=1S/C25H40N3OP2S/c1-7-18-25(9-3,29-22-14-16-23(30-26)17-15-22)31-28(32(31)6)27-19-20-10-12-21(13-11-20)24(4,5)8-2/h10,12,14,16,19,26H,7-9,11,13,15,17-18H2,1-6H3/q+1. The number of hydrogen-bond acceptors (Lipinski definition) is 4. The van der Waals surface area contributed by atoms with Crippen LogP contribution in [0.5, 0.6) is 0 Å².